The van der Waals surface area contributed by atoms with Crippen molar-refractivity contribution >= 4 is 8.96 Å². The molecule has 1 radical (unpaired) electrons. The fourth-order valence-corrected chi connectivity index (χ4v) is 2.26. The molecule has 2 heteroatoms. The molecule has 1 nitrogen and oxygen atoms in total. The van der Waals surface area contributed by atoms with Crippen LogP contribution in [0.3, 0.4) is 0 Å². The summed E-state index contributed by atoms with van der Waals surface area (Å²) < 4.78 is 0. The molecule has 0 bridgehead atoms. The summed E-state index contributed by atoms with van der Waals surface area (Å²) in [6, 6.07) is 0. The van der Waals surface area contributed by atoms with Crippen molar-refractivity contribution in [3.63, 3.8) is 0 Å². The molecule has 1 aliphatic rings. The van der Waals surface area contributed by atoms with Gasteiger partial charge in [-0.25, -0.2) is 0 Å². The topological polar surface area (TPSA) is 12.0 Å². The van der Waals surface area contributed by atoms with Crippen LogP contribution >= 0.6 is 0 Å². The van der Waals surface area contributed by atoms with E-state index in [0.717, 1.165) is 5.92 Å². The summed E-state index contributed by atoms with van der Waals surface area (Å²) in [5.41, 5.74) is 0. The molecule has 0 aromatic rings. The molecule has 1 saturated carbocycles. The monoisotopic (exact) mass is 156 g/mol. The second-order valence-electron chi connectivity index (χ2n) is 3.53. The van der Waals surface area contributed by atoms with Gasteiger partial charge in [-0.1, -0.05) is 25.9 Å². The zero-order valence-electron chi connectivity index (χ0n) is 7.11. The summed E-state index contributed by atoms with van der Waals surface area (Å²) >= 11 is 0. The zero-order valence-corrected chi connectivity index (χ0v) is 8.11. The molecule has 0 saturated heterocycles. The van der Waals surface area contributed by atoms with Crippen LogP contribution in [0.1, 0.15) is 25.7 Å². The fraction of sp³-hybridized carbons (Fsp3) is 1.00. The highest BCUT2D eigenvalue weighted by Crippen LogP contribution is 2.23. The van der Waals surface area contributed by atoms with Crippen LogP contribution in [0, 0.1) is 5.92 Å². The summed E-state index contributed by atoms with van der Waals surface area (Å²) in [6.07, 6.45) is 5.90. The SMILES string of the molecule is C[Si](C)NCC1CCCC1. The Hall–Kier alpha value is 0.177. The molecular weight excluding hydrogens is 138 g/mol. The maximum Gasteiger partial charge on any atom is 0.126 e. The average molecular weight is 156 g/mol. The van der Waals surface area contributed by atoms with Gasteiger partial charge in [-0.05, 0) is 25.3 Å². The van der Waals surface area contributed by atoms with E-state index in [1.807, 2.05) is 0 Å². The molecule has 0 spiro atoms. The van der Waals surface area contributed by atoms with Crippen molar-refractivity contribution in [1.82, 2.24) is 4.98 Å². The lowest BCUT2D eigenvalue weighted by Crippen LogP contribution is -2.31. The van der Waals surface area contributed by atoms with E-state index in [1.54, 1.807) is 0 Å². The minimum Gasteiger partial charge on any atom is -0.338 e. The van der Waals surface area contributed by atoms with E-state index in [2.05, 4.69) is 18.1 Å². The molecule has 0 aromatic carbocycles. The first kappa shape index (κ1) is 8.28. The van der Waals surface area contributed by atoms with Gasteiger partial charge in [0.15, 0.2) is 0 Å². The van der Waals surface area contributed by atoms with Gasteiger partial charge in [0.05, 0.1) is 0 Å². The predicted molar refractivity (Wildman–Crippen MR) is 47.4 cm³/mol. The fourth-order valence-electron chi connectivity index (χ4n) is 1.56. The van der Waals surface area contributed by atoms with Gasteiger partial charge in [-0.2, -0.15) is 0 Å². The lowest BCUT2D eigenvalue weighted by Gasteiger charge is -2.11. The van der Waals surface area contributed by atoms with Crippen LogP contribution in [-0.4, -0.2) is 15.5 Å². The van der Waals surface area contributed by atoms with E-state index in [9.17, 15) is 0 Å². The van der Waals surface area contributed by atoms with E-state index in [1.165, 1.54) is 32.2 Å². The van der Waals surface area contributed by atoms with Crippen molar-refractivity contribution in [3.05, 3.63) is 0 Å². The third-order valence-electron chi connectivity index (χ3n) is 2.22. The Bertz CT molecular complexity index is 87.3. The van der Waals surface area contributed by atoms with Crippen molar-refractivity contribution in [2.24, 2.45) is 5.92 Å². The van der Waals surface area contributed by atoms with E-state index < -0.39 is 0 Å². The third-order valence-corrected chi connectivity index (χ3v) is 3.13. The smallest absolute Gasteiger partial charge is 0.126 e. The largest absolute Gasteiger partial charge is 0.338 e. The second-order valence-corrected chi connectivity index (χ2v) is 5.88. The highest BCUT2D eigenvalue weighted by atomic mass is 28.3. The highest BCUT2D eigenvalue weighted by molar-refractivity contribution is 6.52. The van der Waals surface area contributed by atoms with Crippen LogP contribution in [0.4, 0.5) is 0 Å². The number of hydrogen-bond donors (Lipinski definition) is 1. The molecule has 0 amide bonds. The number of hydrogen-bond acceptors (Lipinski definition) is 1. The summed E-state index contributed by atoms with van der Waals surface area (Å²) in [4.78, 5) is 3.59. The van der Waals surface area contributed by atoms with E-state index in [-0.39, 0.29) is 8.96 Å². The van der Waals surface area contributed by atoms with Gasteiger partial charge >= 0.3 is 0 Å². The summed E-state index contributed by atoms with van der Waals surface area (Å²) in [7, 11) is -0.172. The summed E-state index contributed by atoms with van der Waals surface area (Å²) in [6.45, 7) is 5.93. The molecule has 1 fully saturated rings. The number of nitrogens with one attached hydrogen (secondary N) is 1. The summed E-state index contributed by atoms with van der Waals surface area (Å²) in [5, 5.41) is 0. The molecule has 0 aromatic heterocycles. The lowest BCUT2D eigenvalue weighted by atomic mass is 10.1. The number of rotatable bonds is 3. The maximum absolute atomic E-state index is 3.59. The Morgan fingerprint density at radius 2 is 1.90 bits per heavy atom. The maximum atomic E-state index is 3.59. The van der Waals surface area contributed by atoms with Crippen molar-refractivity contribution in [2.45, 2.75) is 38.8 Å². The molecule has 10 heavy (non-hydrogen) atoms. The molecule has 59 valence electrons. The van der Waals surface area contributed by atoms with E-state index in [0.29, 0.717) is 0 Å². The van der Waals surface area contributed by atoms with Gasteiger partial charge in [0.1, 0.15) is 8.96 Å². The van der Waals surface area contributed by atoms with Crippen LogP contribution in [0.5, 0.6) is 0 Å². The van der Waals surface area contributed by atoms with Crippen LogP contribution in [0.2, 0.25) is 13.1 Å². The van der Waals surface area contributed by atoms with E-state index >= 15 is 0 Å². The zero-order chi connectivity index (χ0) is 7.40. The van der Waals surface area contributed by atoms with Gasteiger partial charge in [-0.3, -0.25) is 0 Å². The minimum absolute atomic E-state index is 0.172. The van der Waals surface area contributed by atoms with Gasteiger partial charge < -0.3 is 4.98 Å². The van der Waals surface area contributed by atoms with Crippen molar-refractivity contribution in [1.29, 1.82) is 0 Å². The molecular formula is C8H18NSi. The van der Waals surface area contributed by atoms with Crippen molar-refractivity contribution < 1.29 is 0 Å². The molecule has 1 N–H and O–H groups in total. The normalized spacial score (nSPS) is 20.7. The van der Waals surface area contributed by atoms with Crippen LogP contribution in [-0.2, 0) is 0 Å². The van der Waals surface area contributed by atoms with Crippen LogP contribution in [0.25, 0.3) is 0 Å². The molecule has 1 aliphatic carbocycles. The van der Waals surface area contributed by atoms with Gasteiger partial charge in [-0.15, -0.1) is 0 Å². The van der Waals surface area contributed by atoms with Crippen molar-refractivity contribution in [2.75, 3.05) is 6.54 Å². The molecule has 0 heterocycles. The quantitative estimate of drug-likeness (QED) is 0.616. The van der Waals surface area contributed by atoms with Gasteiger partial charge in [0.2, 0.25) is 0 Å². The van der Waals surface area contributed by atoms with Crippen LogP contribution < -0.4 is 4.98 Å². The standard InChI is InChI=1S/C8H18NSi/c1-10(2)9-7-8-5-3-4-6-8/h8-9H,3-7H2,1-2H3. The molecule has 0 atom stereocenters. The van der Waals surface area contributed by atoms with Gasteiger partial charge in [0.25, 0.3) is 0 Å². The Morgan fingerprint density at radius 3 is 2.40 bits per heavy atom. The van der Waals surface area contributed by atoms with E-state index in [4.69, 9.17) is 0 Å². The first-order valence-electron chi connectivity index (χ1n) is 4.33. The molecule has 0 aliphatic heterocycles. The summed E-state index contributed by atoms with van der Waals surface area (Å²) in [5.74, 6) is 1.01. The predicted octanol–water partition coefficient (Wildman–Crippen LogP) is 2.02. The van der Waals surface area contributed by atoms with Crippen LogP contribution in [0.15, 0.2) is 0 Å². The lowest BCUT2D eigenvalue weighted by molar-refractivity contribution is 0.539. The Labute approximate surface area is 65.9 Å². The first-order valence-corrected chi connectivity index (χ1v) is 6.83. The Kier molecular flexibility index (Phi) is 3.42. The Morgan fingerprint density at radius 1 is 1.30 bits per heavy atom. The van der Waals surface area contributed by atoms with Gasteiger partial charge in [0, 0.05) is 0 Å². The minimum atomic E-state index is -0.172. The second kappa shape index (κ2) is 4.14. The highest BCUT2D eigenvalue weighted by Gasteiger charge is 2.14. The van der Waals surface area contributed by atoms with Crippen molar-refractivity contribution in [3.8, 4) is 0 Å². The third kappa shape index (κ3) is 2.84. The average Bonchev–Trinajstić information content (AvgIpc) is 2.34. The first-order chi connectivity index (χ1) is 4.79. The Balaban J connectivity index is 2.01. The molecule has 1 rings (SSSR count). The molecule has 0 unspecified atom stereocenters.